The van der Waals surface area contributed by atoms with E-state index < -0.39 is 17.5 Å². The van der Waals surface area contributed by atoms with Crippen LogP contribution in [0.15, 0.2) is 72.8 Å². The van der Waals surface area contributed by atoms with Gasteiger partial charge in [-0.05, 0) is 63.8 Å². The molecular weight excluding hydrogens is 488 g/mol. The minimum absolute atomic E-state index is 0.0788. The summed E-state index contributed by atoms with van der Waals surface area (Å²) in [6.07, 6.45) is 1.76. The molecule has 0 aliphatic heterocycles. The van der Waals surface area contributed by atoms with Crippen molar-refractivity contribution >= 4 is 17.8 Å². The van der Waals surface area contributed by atoms with Crippen LogP contribution >= 0.6 is 0 Å². The molecule has 1 heterocycles. The normalized spacial score (nSPS) is 12.2. The molecule has 0 radical (unpaired) electrons. The maximum atomic E-state index is 13.5. The molecule has 0 saturated heterocycles. The average molecular weight is 531 g/mol. The number of hydrogen-bond donors (Lipinski definition) is 0. The van der Waals surface area contributed by atoms with E-state index in [-0.39, 0.29) is 24.1 Å². The molecule has 0 aliphatic rings. The van der Waals surface area contributed by atoms with E-state index in [1.54, 1.807) is 0 Å². The number of carbonyl (C=O) groups is 2. The lowest BCUT2D eigenvalue weighted by Crippen LogP contribution is -2.32. The summed E-state index contributed by atoms with van der Waals surface area (Å²) >= 11 is 0. The zero-order chi connectivity index (χ0) is 28.4. The summed E-state index contributed by atoms with van der Waals surface area (Å²) in [6, 6.07) is 23.9. The minimum Gasteiger partial charge on any atom is -0.461 e. The van der Waals surface area contributed by atoms with Crippen LogP contribution in [0.1, 0.15) is 93.9 Å². The van der Waals surface area contributed by atoms with E-state index in [1.807, 2.05) is 81.4 Å². The third kappa shape index (κ3) is 8.95. The van der Waals surface area contributed by atoms with Crippen molar-refractivity contribution in [2.45, 2.75) is 84.9 Å². The lowest BCUT2D eigenvalue weighted by atomic mass is 9.87. The minimum atomic E-state index is -0.614. The molecule has 0 spiro atoms. The fourth-order valence-corrected chi connectivity index (χ4v) is 4.39. The standard InChI is InChI=1S/C33H42N2O4/c1-7-8-21-38-32(37)31-27(28(26-17-13-10-14-18-26)22-30(36)39-33(4,5)6)19-20-29(34-31)35(24(2)3)23-25-15-11-9-12-16-25/h9-20,24,28H,7-8,21-23H2,1-6H3/t28-/m0/s1. The second kappa shape index (κ2) is 13.9. The van der Waals surface area contributed by atoms with Gasteiger partial charge in [0.1, 0.15) is 11.4 Å². The Labute approximate surface area is 233 Å². The lowest BCUT2D eigenvalue weighted by Gasteiger charge is -2.29. The Morgan fingerprint density at radius 3 is 2.15 bits per heavy atom. The molecule has 1 aromatic heterocycles. The van der Waals surface area contributed by atoms with Gasteiger partial charge in [-0.3, -0.25) is 4.79 Å². The van der Waals surface area contributed by atoms with Crippen molar-refractivity contribution in [1.29, 1.82) is 0 Å². The van der Waals surface area contributed by atoms with Gasteiger partial charge in [0.15, 0.2) is 5.69 Å². The number of esters is 2. The van der Waals surface area contributed by atoms with E-state index in [2.05, 4.69) is 37.8 Å². The van der Waals surface area contributed by atoms with Crippen LogP contribution in [0, 0.1) is 0 Å². The van der Waals surface area contributed by atoms with Gasteiger partial charge in [0.05, 0.1) is 13.0 Å². The number of rotatable bonds is 12. The van der Waals surface area contributed by atoms with Crippen LogP contribution in [0.5, 0.6) is 0 Å². The van der Waals surface area contributed by atoms with Gasteiger partial charge in [0.2, 0.25) is 0 Å². The number of pyridine rings is 1. The van der Waals surface area contributed by atoms with Crippen LogP contribution < -0.4 is 4.90 Å². The van der Waals surface area contributed by atoms with Gasteiger partial charge in [0, 0.05) is 18.5 Å². The van der Waals surface area contributed by atoms with Crippen molar-refractivity contribution in [2.24, 2.45) is 0 Å². The summed E-state index contributed by atoms with van der Waals surface area (Å²) in [5.74, 6) is -0.547. The van der Waals surface area contributed by atoms with Gasteiger partial charge in [-0.2, -0.15) is 0 Å². The topological polar surface area (TPSA) is 68.7 Å². The number of ether oxygens (including phenoxy) is 2. The van der Waals surface area contributed by atoms with Crippen molar-refractivity contribution in [1.82, 2.24) is 4.98 Å². The number of benzene rings is 2. The van der Waals surface area contributed by atoms with Crippen LogP contribution in [0.2, 0.25) is 0 Å². The first-order valence-corrected chi connectivity index (χ1v) is 13.8. The molecule has 3 aromatic rings. The SMILES string of the molecule is CCCCOC(=O)c1nc(N(Cc2ccccc2)C(C)C)ccc1[C@@H](CC(=O)OC(C)(C)C)c1ccccc1. The molecule has 0 bridgehead atoms. The van der Waals surface area contributed by atoms with Gasteiger partial charge in [0.25, 0.3) is 0 Å². The van der Waals surface area contributed by atoms with E-state index in [0.29, 0.717) is 24.5 Å². The Hall–Kier alpha value is -3.67. The number of nitrogens with zero attached hydrogens (tertiary/aromatic N) is 2. The van der Waals surface area contributed by atoms with Crippen LogP contribution in [0.3, 0.4) is 0 Å². The predicted octanol–water partition coefficient (Wildman–Crippen LogP) is 7.32. The average Bonchev–Trinajstić information content (AvgIpc) is 2.90. The third-order valence-electron chi connectivity index (χ3n) is 6.32. The fourth-order valence-electron chi connectivity index (χ4n) is 4.39. The summed E-state index contributed by atoms with van der Waals surface area (Å²) in [5, 5.41) is 0. The highest BCUT2D eigenvalue weighted by Gasteiger charge is 2.29. The van der Waals surface area contributed by atoms with Crippen molar-refractivity contribution in [3.8, 4) is 0 Å². The molecule has 6 nitrogen and oxygen atoms in total. The van der Waals surface area contributed by atoms with Gasteiger partial charge in [-0.1, -0.05) is 80.1 Å². The number of unbranched alkanes of at least 4 members (excludes halogenated alkanes) is 1. The van der Waals surface area contributed by atoms with Gasteiger partial charge in [-0.25, -0.2) is 9.78 Å². The molecule has 0 amide bonds. The van der Waals surface area contributed by atoms with Gasteiger partial charge >= 0.3 is 11.9 Å². The Morgan fingerprint density at radius 1 is 0.923 bits per heavy atom. The van der Waals surface area contributed by atoms with Crippen molar-refractivity contribution < 1.29 is 19.1 Å². The lowest BCUT2D eigenvalue weighted by molar-refractivity contribution is -0.155. The maximum absolute atomic E-state index is 13.5. The molecule has 39 heavy (non-hydrogen) atoms. The first-order chi connectivity index (χ1) is 18.6. The summed E-state index contributed by atoms with van der Waals surface area (Å²) in [4.78, 5) is 33.5. The van der Waals surface area contributed by atoms with Crippen LogP contribution in [0.25, 0.3) is 0 Å². The second-order valence-electron chi connectivity index (χ2n) is 11.1. The summed E-state index contributed by atoms with van der Waals surface area (Å²) < 4.78 is 11.3. The highest BCUT2D eigenvalue weighted by molar-refractivity contribution is 5.90. The molecule has 0 fully saturated rings. The van der Waals surface area contributed by atoms with Crippen LogP contribution in [-0.2, 0) is 20.8 Å². The molecule has 3 rings (SSSR count). The summed E-state index contributed by atoms with van der Waals surface area (Å²) in [7, 11) is 0. The molecular formula is C33H42N2O4. The van der Waals surface area contributed by atoms with E-state index in [9.17, 15) is 9.59 Å². The highest BCUT2D eigenvalue weighted by atomic mass is 16.6. The van der Waals surface area contributed by atoms with Crippen molar-refractivity contribution in [3.63, 3.8) is 0 Å². The smallest absolute Gasteiger partial charge is 0.357 e. The molecule has 0 aliphatic carbocycles. The number of anilines is 1. The van der Waals surface area contributed by atoms with Crippen molar-refractivity contribution in [3.05, 3.63) is 95.2 Å². The fraction of sp³-hybridized carbons (Fsp3) is 0.424. The Kier molecular flexibility index (Phi) is 10.7. The zero-order valence-electron chi connectivity index (χ0n) is 24.1. The highest BCUT2D eigenvalue weighted by Crippen LogP contribution is 2.33. The molecule has 208 valence electrons. The summed E-state index contributed by atoms with van der Waals surface area (Å²) in [6.45, 7) is 12.8. The first kappa shape index (κ1) is 29.9. The van der Waals surface area contributed by atoms with E-state index >= 15 is 0 Å². The Balaban J connectivity index is 2.08. The Morgan fingerprint density at radius 2 is 1.56 bits per heavy atom. The monoisotopic (exact) mass is 530 g/mol. The van der Waals surface area contributed by atoms with Gasteiger partial charge in [-0.15, -0.1) is 0 Å². The number of hydrogen-bond acceptors (Lipinski definition) is 6. The summed E-state index contributed by atoms with van der Waals surface area (Å²) in [5.41, 5.74) is 2.33. The number of carbonyl (C=O) groups excluding carboxylic acids is 2. The quantitative estimate of drug-likeness (QED) is 0.181. The number of aromatic nitrogens is 1. The Bertz CT molecular complexity index is 1200. The largest absolute Gasteiger partial charge is 0.461 e. The van der Waals surface area contributed by atoms with E-state index in [1.165, 1.54) is 0 Å². The van der Waals surface area contributed by atoms with E-state index in [0.717, 1.165) is 24.0 Å². The third-order valence-corrected chi connectivity index (χ3v) is 6.32. The zero-order valence-corrected chi connectivity index (χ0v) is 24.1. The molecule has 0 unspecified atom stereocenters. The maximum Gasteiger partial charge on any atom is 0.357 e. The molecule has 1 atom stereocenters. The molecule has 2 aromatic carbocycles. The molecule has 0 N–H and O–H groups in total. The predicted molar refractivity (Wildman–Crippen MR) is 156 cm³/mol. The van der Waals surface area contributed by atoms with Crippen LogP contribution in [-0.4, -0.2) is 35.2 Å². The van der Waals surface area contributed by atoms with E-state index in [4.69, 9.17) is 14.5 Å². The molecule has 6 heteroatoms. The second-order valence-corrected chi connectivity index (χ2v) is 11.1. The van der Waals surface area contributed by atoms with Crippen molar-refractivity contribution in [2.75, 3.05) is 11.5 Å². The first-order valence-electron chi connectivity index (χ1n) is 13.8. The molecule has 0 saturated carbocycles. The van der Waals surface area contributed by atoms with Crippen LogP contribution in [0.4, 0.5) is 5.82 Å². The van der Waals surface area contributed by atoms with Gasteiger partial charge < -0.3 is 14.4 Å².